The van der Waals surface area contributed by atoms with E-state index < -0.39 is 0 Å². The molecule has 0 fully saturated rings. The molecule has 0 atom stereocenters. The molecule has 1 amide bonds. The van der Waals surface area contributed by atoms with Crippen LogP contribution in [0.2, 0.25) is 0 Å². The Hall–Kier alpha value is -3.29. The van der Waals surface area contributed by atoms with Crippen molar-refractivity contribution in [2.75, 3.05) is 6.54 Å². The van der Waals surface area contributed by atoms with Crippen molar-refractivity contribution >= 4 is 22.7 Å². The summed E-state index contributed by atoms with van der Waals surface area (Å²) in [5.74, 6) is 1.57. The van der Waals surface area contributed by atoms with Gasteiger partial charge < -0.3 is 9.88 Å². The van der Waals surface area contributed by atoms with Crippen LogP contribution in [0, 0.1) is 20.8 Å². The lowest BCUT2D eigenvalue weighted by molar-refractivity contribution is -0.121. The number of carbonyl (C=O) groups excluding carboxylic acids is 1. The van der Waals surface area contributed by atoms with E-state index in [4.69, 9.17) is 0 Å². The van der Waals surface area contributed by atoms with E-state index in [1.165, 1.54) is 6.33 Å². The number of amides is 1. The number of fused-ring (bicyclic) bond motifs is 2. The molecule has 3 aromatic heterocycles. The fraction of sp³-hybridized carbons (Fsp3) is 0.350. The summed E-state index contributed by atoms with van der Waals surface area (Å²) in [5.41, 5.74) is 4.99. The summed E-state index contributed by atoms with van der Waals surface area (Å²) >= 11 is 0. The smallest absolute Gasteiger partial charge is 0.252 e. The third-order valence-electron chi connectivity index (χ3n) is 5.09. The average Bonchev–Trinajstić information content (AvgIpc) is 3.26. The van der Waals surface area contributed by atoms with Crippen molar-refractivity contribution in [1.82, 2.24) is 34.4 Å². The Morgan fingerprint density at radius 1 is 1.14 bits per heavy atom. The maximum absolute atomic E-state index is 12.3. The number of para-hydroxylation sites is 2. The van der Waals surface area contributed by atoms with Crippen molar-refractivity contribution in [3.05, 3.63) is 53.4 Å². The number of hydrogen-bond acceptors (Lipinski definition) is 5. The lowest BCUT2D eigenvalue weighted by Gasteiger charge is -2.11. The third-order valence-corrected chi connectivity index (χ3v) is 5.09. The van der Waals surface area contributed by atoms with Crippen molar-refractivity contribution < 1.29 is 4.79 Å². The molecule has 0 saturated heterocycles. The zero-order valence-corrected chi connectivity index (χ0v) is 16.3. The van der Waals surface area contributed by atoms with Gasteiger partial charge in [0.05, 0.1) is 11.0 Å². The Labute approximate surface area is 162 Å². The molecule has 28 heavy (non-hydrogen) atoms. The quantitative estimate of drug-likeness (QED) is 0.556. The first kappa shape index (κ1) is 18.1. The molecule has 0 saturated carbocycles. The molecule has 0 bridgehead atoms. The molecule has 4 rings (SSSR count). The van der Waals surface area contributed by atoms with Gasteiger partial charge in [0.15, 0.2) is 0 Å². The topological polar surface area (TPSA) is 90.0 Å². The lowest BCUT2D eigenvalue weighted by atomic mass is 10.1. The fourth-order valence-electron chi connectivity index (χ4n) is 3.63. The number of imidazole rings is 1. The molecule has 0 unspecified atom stereocenters. The Balaban J connectivity index is 1.36. The molecule has 3 heterocycles. The van der Waals surface area contributed by atoms with Crippen LogP contribution in [0.25, 0.3) is 16.8 Å². The maximum atomic E-state index is 12.3. The predicted molar refractivity (Wildman–Crippen MR) is 106 cm³/mol. The van der Waals surface area contributed by atoms with Gasteiger partial charge in [-0.25, -0.2) is 14.5 Å². The van der Waals surface area contributed by atoms with Crippen LogP contribution in [0.1, 0.15) is 29.2 Å². The van der Waals surface area contributed by atoms with E-state index in [1.807, 2.05) is 39.0 Å². The standard InChI is InChI=1S/C20H23N7O/c1-13-16(14(2)27-20(24-13)22-12-23-27)8-9-19(28)21-10-11-26-15(3)25-17-6-4-5-7-18(17)26/h4-7,12H,8-11H2,1-3H3,(H,21,28). The van der Waals surface area contributed by atoms with E-state index >= 15 is 0 Å². The summed E-state index contributed by atoms with van der Waals surface area (Å²) < 4.78 is 3.85. The summed E-state index contributed by atoms with van der Waals surface area (Å²) in [4.78, 5) is 25.5. The van der Waals surface area contributed by atoms with Crippen molar-refractivity contribution in [2.45, 2.75) is 40.2 Å². The summed E-state index contributed by atoms with van der Waals surface area (Å²) in [7, 11) is 0. The van der Waals surface area contributed by atoms with Gasteiger partial charge in [-0.2, -0.15) is 10.1 Å². The summed E-state index contributed by atoms with van der Waals surface area (Å²) in [6, 6.07) is 8.04. The molecular weight excluding hydrogens is 354 g/mol. The largest absolute Gasteiger partial charge is 0.354 e. The molecule has 0 aliphatic rings. The number of aryl methyl sites for hydroxylation is 3. The molecule has 1 aromatic carbocycles. The van der Waals surface area contributed by atoms with E-state index in [0.717, 1.165) is 33.8 Å². The van der Waals surface area contributed by atoms with Gasteiger partial charge in [-0.05, 0) is 44.9 Å². The molecule has 0 aliphatic carbocycles. The van der Waals surface area contributed by atoms with Gasteiger partial charge in [-0.1, -0.05) is 12.1 Å². The molecule has 8 heteroatoms. The van der Waals surface area contributed by atoms with E-state index in [-0.39, 0.29) is 5.91 Å². The normalized spacial score (nSPS) is 11.4. The molecule has 1 N–H and O–H groups in total. The van der Waals surface area contributed by atoms with E-state index in [9.17, 15) is 4.79 Å². The Morgan fingerprint density at radius 3 is 2.82 bits per heavy atom. The van der Waals surface area contributed by atoms with Gasteiger partial charge in [0.1, 0.15) is 12.2 Å². The lowest BCUT2D eigenvalue weighted by Crippen LogP contribution is -2.27. The first-order valence-electron chi connectivity index (χ1n) is 9.39. The van der Waals surface area contributed by atoms with Crippen LogP contribution in [0.5, 0.6) is 0 Å². The molecule has 8 nitrogen and oxygen atoms in total. The molecule has 144 valence electrons. The van der Waals surface area contributed by atoms with Crippen LogP contribution in [0.15, 0.2) is 30.6 Å². The van der Waals surface area contributed by atoms with Gasteiger partial charge >= 0.3 is 0 Å². The molecule has 4 aromatic rings. The number of rotatable bonds is 6. The third kappa shape index (κ3) is 3.33. The monoisotopic (exact) mass is 377 g/mol. The van der Waals surface area contributed by atoms with E-state index in [0.29, 0.717) is 31.7 Å². The van der Waals surface area contributed by atoms with Crippen LogP contribution in [0.4, 0.5) is 0 Å². The van der Waals surface area contributed by atoms with Crippen LogP contribution in [0.3, 0.4) is 0 Å². The molecule has 0 spiro atoms. The summed E-state index contributed by atoms with van der Waals surface area (Å²) in [5, 5.41) is 7.20. The minimum atomic E-state index is 0.0274. The average molecular weight is 377 g/mol. The Bertz CT molecular complexity index is 1160. The predicted octanol–water partition coefficient (Wildman–Crippen LogP) is 2.15. The van der Waals surface area contributed by atoms with E-state index in [1.54, 1.807) is 4.52 Å². The van der Waals surface area contributed by atoms with Gasteiger partial charge in [0.25, 0.3) is 5.78 Å². The van der Waals surface area contributed by atoms with Crippen molar-refractivity contribution in [3.8, 4) is 0 Å². The second-order valence-electron chi connectivity index (χ2n) is 6.88. The summed E-state index contributed by atoms with van der Waals surface area (Å²) in [6.07, 6.45) is 2.53. The van der Waals surface area contributed by atoms with Gasteiger partial charge in [-0.15, -0.1) is 0 Å². The van der Waals surface area contributed by atoms with Crippen LogP contribution >= 0.6 is 0 Å². The SMILES string of the molecule is Cc1nc2ncnn2c(C)c1CCC(=O)NCCn1c(C)nc2ccccc21. The number of nitrogens with one attached hydrogen (secondary N) is 1. The van der Waals surface area contributed by atoms with Crippen LogP contribution in [-0.2, 0) is 17.8 Å². The highest BCUT2D eigenvalue weighted by Gasteiger charge is 2.13. The van der Waals surface area contributed by atoms with Crippen LogP contribution in [-0.4, -0.2) is 41.6 Å². The zero-order valence-electron chi connectivity index (χ0n) is 16.3. The van der Waals surface area contributed by atoms with Gasteiger partial charge in [-0.3, -0.25) is 4.79 Å². The second kappa shape index (κ2) is 7.38. The van der Waals surface area contributed by atoms with Crippen LogP contribution < -0.4 is 5.32 Å². The highest BCUT2D eigenvalue weighted by Crippen LogP contribution is 2.16. The van der Waals surface area contributed by atoms with E-state index in [2.05, 4.69) is 36.0 Å². The number of aromatic nitrogens is 6. The zero-order chi connectivity index (χ0) is 19.7. The highest BCUT2D eigenvalue weighted by molar-refractivity contribution is 5.77. The minimum Gasteiger partial charge on any atom is -0.354 e. The van der Waals surface area contributed by atoms with Gasteiger partial charge in [0.2, 0.25) is 5.91 Å². The van der Waals surface area contributed by atoms with Crippen molar-refractivity contribution in [3.63, 3.8) is 0 Å². The Kier molecular flexibility index (Phi) is 4.77. The number of hydrogen-bond donors (Lipinski definition) is 1. The number of carbonyl (C=O) groups is 1. The minimum absolute atomic E-state index is 0.0274. The Morgan fingerprint density at radius 2 is 1.96 bits per heavy atom. The first-order chi connectivity index (χ1) is 13.5. The van der Waals surface area contributed by atoms with Crippen molar-refractivity contribution in [1.29, 1.82) is 0 Å². The molecular formula is C20H23N7O. The maximum Gasteiger partial charge on any atom is 0.252 e. The number of nitrogens with zero attached hydrogens (tertiary/aromatic N) is 6. The van der Waals surface area contributed by atoms with Gasteiger partial charge in [0, 0.05) is 30.9 Å². The summed E-state index contributed by atoms with van der Waals surface area (Å²) in [6.45, 7) is 7.18. The first-order valence-corrected chi connectivity index (χ1v) is 9.39. The fourth-order valence-corrected chi connectivity index (χ4v) is 3.63. The highest BCUT2D eigenvalue weighted by atomic mass is 16.1. The second-order valence-corrected chi connectivity index (χ2v) is 6.88. The molecule has 0 radical (unpaired) electrons. The number of benzene rings is 1. The van der Waals surface area contributed by atoms with Crippen molar-refractivity contribution in [2.24, 2.45) is 0 Å². The molecule has 0 aliphatic heterocycles.